The van der Waals surface area contributed by atoms with Crippen molar-refractivity contribution >= 4 is 28.5 Å². The van der Waals surface area contributed by atoms with Gasteiger partial charge in [-0.05, 0) is 52.9 Å². The monoisotopic (exact) mass is 457 g/mol. The highest BCUT2D eigenvalue weighted by atomic mass is 127. The van der Waals surface area contributed by atoms with Crippen molar-refractivity contribution in [3.8, 4) is 23.0 Å². The van der Waals surface area contributed by atoms with E-state index in [1.165, 1.54) is 7.11 Å². The fourth-order valence-electron chi connectivity index (χ4n) is 2.32. The van der Waals surface area contributed by atoms with Gasteiger partial charge in [0.1, 0.15) is 11.5 Å². The molecule has 0 fully saturated rings. The molecule has 1 N–H and O–H groups in total. The minimum atomic E-state index is -0.213. The molecule has 6 nitrogen and oxygen atoms in total. The molecule has 1 amide bonds. The molecule has 0 aromatic heterocycles. The summed E-state index contributed by atoms with van der Waals surface area (Å²) in [4.78, 5) is 12.6. The normalized spacial score (nSPS) is 10.1. The summed E-state index contributed by atoms with van der Waals surface area (Å²) in [6, 6.07) is 8.87. The number of methoxy groups -OCH3 is 4. The highest BCUT2D eigenvalue weighted by molar-refractivity contribution is 14.1. The van der Waals surface area contributed by atoms with Crippen molar-refractivity contribution in [2.24, 2.45) is 0 Å². The zero-order valence-electron chi connectivity index (χ0n) is 14.5. The second kappa shape index (κ2) is 8.80. The lowest BCUT2D eigenvalue weighted by molar-refractivity contribution is 0.0949. The number of carbonyl (C=O) groups is 1. The maximum atomic E-state index is 12.6. The third-order valence-electron chi connectivity index (χ3n) is 3.64. The smallest absolute Gasteiger partial charge is 0.252 e. The quantitative estimate of drug-likeness (QED) is 0.647. The van der Waals surface area contributed by atoms with Gasteiger partial charge < -0.3 is 24.3 Å². The number of halogens is 1. The number of amides is 1. The fourth-order valence-corrected chi connectivity index (χ4v) is 3.00. The molecule has 0 aliphatic heterocycles. The molecule has 134 valence electrons. The molecule has 0 aliphatic carbocycles. The molecule has 0 unspecified atom stereocenters. The number of hydrogen-bond donors (Lipinski definition) is 1. The van der Waals surface area contributed by atoms with Crippen LogP contribution in [-0.4, -0.2) is 34.3 Å². The number of carbonyl (C=O) groups excluding carboxylic acids is 1. The van der Waals surface area contributed by atoms with E-state index in [-0.39, 0.29) is 5.91 Å². The minimum absolute atomic E-state index is 0.213. The van der Waals surface area contributed by atoms with E-state index in [1.807, 2.05) is 6.07 Å². The fraction of sp³-hybridized carbons (Fsp3) is 0.278. The Morgan fingerprint density at radius 2 is 1.56 bits per heavy atom. The molecule has 0 bridgehead atoms. The molecule has 2 aromatic carbocycles. The van der Waals surface area contributed by atoms with Crippen LogP contribution in [0.1, 0.15) is 15.9 Å². The van der Waals surface area contributed by atoms with Crippen LogP contribution in [0.4, 0.5) is 0 Å². The Hall–Kier alpha value is -2.16. The zero-order chi connectivity index (χ0) is 18.4. The summed E-state index contributed by atoms with van der Waals surface area (Å²) in [6.45, 7) is 0.309. The van der Waals surface area contributed by atoms with Crippen molar-refractivity contribution in [2.45, 2.75) is 6.54 Å². The summed E-state index contributed by atoms with van der Waals surface area (Å²) in [5.74, 6) is 2.26. The lowest BCUT2D eigenvalue weighted by Gasteiger charge is -2.14. The van der Waals surface area contributed by atoms with Gasteiger partial charge in [0.2, 0.25) is 0 Å². The second-order valence-electron chi connectivity index (χ2n) is 5.05. The van der Waals surface area contributed by atoms with Gasteiger partial charge in [-0.1, -0.05) is 0 Å². The molecule has 0 aliphatic rings. The zero-order valence-corrected chi connectivity index (χ0v) is 16.7. The first-order chi connectivity index (χ1) is 12.0. The standard InChI is InChI=1S/C18H20INO5/c1-22-12-5-6-15(23-2)11(7-12)10-20-18(21)13-8-16(24-3)17(25-4)9-14(13)19/h5-9H,10H2,1-4H3,(H,20,21). The Labute approximate surface area is 160 Å². The van der Waals surface area contributed by atoms with Crippen LogP contribution in [0.25, 0.3) is 0 Å². The van der Waals surface area contributed by atoms with Crippen LogP contribution >= 0.6 is 22.6 Å². The van der Waals surface area contributed by atoms with Crippen LogP contribution in [0.15, 0.2) is 30.3 Å². The average molecular weight is 457 g/mol. The van der Waals surface area contributed by atoms with E-state index in [9.17, 15) is 4.79 Å². The average Bonchev–Trinajstić information content (AvgIpc) is 2.65. The number of ether oxygens (including phenoxy) is 4. The van der Waals surface area contributed by atoms with Crippen molar-refractivity contribution in [3.63, 3.8) is 0 Å². The van der Waals surface area contributed by atoms with Gasteiger partial charge in [-0.15, -0.1) is 0 Å². The maximum Gasteiger partial charge on any atom is 0.252 e. The number of nitrogens with one attached hydrogen (secondary N) is 1. The molecule has 0 spiro atoms. The summed E-state index contributed by atoms with van der Waals surface area (Å²) < 4.78 is 21.8. The third kappa shape index (κ3) is 4.47. The number of hydrogen-bond acceptors (Lipinski definition) is 5. The number of benzene rings is 2. The van der Waals surface area contributed by atoms with E-state index in [0.717, 1.165) is 9.13 Å². The molecule has 0 radical (unpaired) electrons. The molecule has 7 heteroatoms. The van der Waals surface area contributed by atoms with Gasteiger partial charge >= 0.3 is 0 Å². The topological polar surface area (TPSA) is 66.0 Å². The summed E-state index contributed by atoms with van der Waals surface area (Å²) in [5.41, 5.74) is 1.34. The van der Waals surface area contributed by atoms with Crippen molar-refractivity contribution in [3.05, 3.63) is 45.0 Å². The largest absolute Gasteiger partial charge is 0.497 e. The highest BCUT2D eigenvalue weighted by Gasteiger charge is 2.16. The number of rotatable bonds is 7. The second-order valence-corrected chi connectivity index (χ2v) is 6.21. The molecule has 25 heavy (non-hydrogen) atoms. The lowest BCUT2D eigenvalue weighted by Crippen LogP contribution is -2.24. The Morgan fingerprint density at radius 1 is 0.920 bits per heavy atom. The van der Waals surface area contributed by atoms with Crippen molar-refractivity contribution in [2.75, 3.05) is 28.4 Å². The van der Waals surface area contributed by atoms with Gasteiger partial charge in [-0.2, -0.15) is 0 Å². The molecule has 2 rings (SSSR count). The first kappa shape index (κ1) is 19.2. The third-order valence-corrected chi connectivity index (χ3v) is 4.54. The Bertz CT molecular complexity index is 763. The van der Waals surface area contributed by atoms with Gasteiger partial charge in [0.15, 0.2) is 11.5 Å². The maximum absolute atomic E-state index is 12.6. The Morgan fingerprint density at radius 3 is 2.16 bits per heavy atom. The van der Waals surface area contributed by atoms with Crippen LogP contribution in [0.5, 0.6) is 23.0 Å². The lowest BCUT2D eigenvalue weighted by atomic mass is 10.1. The first-order valence-electron chi connectivity index (χ1n) is 7.44. The SMILES string of the molecule is COc1ccc(OC)c(CNC(=O)c2cc(OC)c(OC)cc2I)c1. The summed E-state index contributed by atoms with van der Waals surface area (Å²) >= 11 is 2.10. The van der Waals surface area contributed by atoms with E-state index < -0.39 is 0 Å². The van der Waals surface area contributed by atoms with Crippen molar-refractivity contribution in [1.82, 2.24) is 5.32 Å². The van der Waals surface area contributed by atoms with E-state index in [1.54, 1.807) is 45.6 Å². The molecule has 0 atom stereocenters. The van der Waals surface area contributed by atoms with E-state index in [0.29, 0.717) is 35.1 Å². The van der Waals surface area contributed by atoms with Gasteiger partial charge in [0.25, 0.3) is 5.91 Å². The Kier molecular flexibility index (Phi) is 6.74. The minimum Gasteiger partial charge on any atom is -0.497 e. The predicted molar refractivity (Wildman–Crippen MR) is 103 cm³/mol. The Balaban J connectivity index is 2.21. The van der Waals surface area contributed by atoms with Crippen molar-refractivity contribution < 1.29 is 23.7 Å². The molecular formula is C18H20INO5. The van der Waals surface area contributed by atoms with Gasteiger partial charge in [0, 0.05) is 15.7 Å². The first-order valence-corrected chi connectivity index (χ1v) is 8.52. The molecule has 2 aromatic rings. The highest BCUT2D eigenvalue weighted by Crippen LogP contribution is 2.31. The summed E-state index contributed by atoms with van der Waals surface area (Å²) in [5, 5.41) is 2.90. The van der Waals surface area contributed by atoms with Crippen LogP contribution in [0, 0.1) is 3.57 Å². The van der Waals surface area contributed by atoms with E-state index in [2.05, 4.69) is 27.9 Å². The van der Waals surface area contributed by atoms with Gasteiger partial charge in [-0.3, -0.25) is 4.79 Å². The summed E-state index contributed by atoms with van der Waals surface area (Å²) in [6.07, 6.45) is 0. The van der Waals surface area contributed by atoms with E-state index >= 15 is 0 Å². The van der Waals surface area contributed by atoms with E-state index in [4.69, 9.17) is 18.9 Å². The van der Waals surface area contributed by atoms with Crippen LogP contribution in [-0.2, 0) is 6.54 Å². The van der Waals surface area contributed by atoms with Crippen LogP contribution < -0.4 is 24.3 Å². The van der Waals surface area contributed by atoms with Crippen molar-refractivity contribution in [1.29, 1.82) is 0 Å². The predicted octanol–water partition coefficient (Wildman–Crippen LogP) is 3.26. The van der Waals surface area contributed by atoms with Gasteiger partial charge in [-0.25, -0.2) is 0 Å². The van der Waals surface area contributed by atoms with Gasteiger partial charge in [0.05, 0.1) is 34.0 Å². The molecule has 0 saturated carbocycles. The van der Waals surface area contributed by atoms with Crippen LogP contribution in [0.3, 0.4) is 0 Å². The molecule has 0 heterocycles. The molecule has 0 saturated heterocycles. The molecular weight excluding hydrogens is 437 g/mol. The summed E-state index contributed by atoms with van der Waals surface area (Å²) in [7, 11) is 6.27. The van der Waals surface area contributed by atoms with Crippen LogP contribution in [0.2, 0.25) is 0 Å².